The van der Waals surface area contributed by atoms with Crippen LogP contribution in [0.25, 0.3) is 0 Å². The Kier molecular flexibility index (Phi) is 4.44. The first-order valence-electron chi connectivity index (χ1n) is 13.6. The fourth-order valence-corrected chi connectivity index (χ4v) is 10.7. The van der Waals surface area contributed by atoms with Crippen LogP contribution in [-0.2, 0) is 9.53 Å². The number of hydrogen-bond donors (Lipinski definition) is 0. The number of Topliss-reactive ketones (excluding diaryl/α,β-unsaturated/α-hetero) is 1. The van der Waals surface area contributed by atoms with E-state index in [1.54, 1.807) is 0 Å². The average molecular weight is 413 g/mol. The van der Waals surface area contributed by atoms with Crippen LogP contribution < -0.4 is 0 Å². The molecular formula is C28H44O2. The first-order valence-corrected chi connectivity index (χ1v) is 13.6. The topological polar surface area (TPSA) is 26.3 Å². The molecule has 4 aliphatic carbocycles. The lowest BCUT2D eigenvalue weighted by Gasteiger charge is -2.48. The molecule has 2 nitrogen and oxygen atoms in total. The fraction of sp³-hybridized carbons (Fsp3) is 0.964. The summed E-state index contributed by atoms with van der Waals surface area (Å²) in [6, 6.07) is 0. The van der Waals surface area contributed by atoms with Gasteiger partial charge in [0.05, 0.1) is 5.60 Å². The quantitative estimate of drug-likeness (QED) is 0.464. The van der Waals surface area contributed by atoms with Gasteiger partial charge in [-0.1, -0.05) is 59.8 Å². The Morgan fingerprint density at radius 2 is 1.87 bits per heavy atom. The monoisotopic (exact) mass is 412 g/mol. The SMILES string of the molecule is CC(C)CCCCC1CCC2C3C4OC5(C3CCC12C)C(C)C51CCCCC1C4=O. The van der Waals surface area contributed by atoms with Crippen LogP contribution in [0.15, 0.2) is 0 Å². The zero-order chi connectivity index (χ0) is 20.9. The summed E-state index contributed by atoms with van der Waals surface area (Å²) in [5, 5.41) is 0. The van der Waals surface area contributed by atoms with Crippen LogP contribution in [0, 0.1) is 52.3 Å². The van der Waals surface area contributed by atoms with Gasteiger partial charge in [-0.2, -0.15) is 0 Å². The van der Waals surface area contributed by atoms with Crippen LogP contribution in [-0.4, -0.2) is 17.5 Å². The highest BCUT2D eigenvalue weighted by atomic mass is 16.5. The van der Waals surface area contributed by atoms with Crippen LogP contribution >= 0.6 is 0 Å². The molecule has 30 heavy (non-hydrogen) atoms. The highest BCUT2D eigenvalue weighted by Gasteiger charge is 2.89. The van der Waals surface area contributed by atoms with E-state index in [9.17, 15) is 4.79 Å². The van der Waals surface area contributed by atoms with Crippen LogP contribution in [0.1, 0.15) is 105 Å². The van der Waals surface area contributed by atoms with E-state index in [2.05, 4.69) is 27.7 Å². The predicted molar refractivity (Wildman–Crippen MR) is 120 cm³/mol. The van der Waals surface area contributed by atoms with E-state index in [-0.39, 0.29) is 17.1 Å². The molecule has 2 heteroatoms. The highest BCUT2D eigenvalue weighted by Crippen LogP contribution is 2.84. The molecule has 10 unspecified atom stereocenters. The molecule has 2 heterocycles. The van der Waals surface area contributed by atoms with Crippen LogP contribution in [0.2, 0.25) is 0 Å². The van der Waals surface area contributed by atoms with E-state index in [4.69, 9.17) is 4.74 Å². The summed E-state index contributed by atoms with van der Waals surface area (Å²) in [5.74, 6) is 5.20. The maximum Gasteiger partial charge on any atom is 0.165 e. The molecule has 0 aromatic rings. The molecule has 0 radical (unpaired) electrons. The summed E-state index contributed by atoms with van der Waals surface area (Å²) in [4.78, 5) is 13.8. The number of carbonyl (C=O) groups excluding carboxylic acids is 1. The van der Waals surface area contributed by atoms with Crippen molar-refractivity contribution in [2.45, 2.75) is 116 Å². The smallest absolute Gasteiger partial charge is 0.165 e. The molecule has 2 aliphatic heterocycles. The third-order valence-electron chi connectivity index (χ3n) is 12.0. The first-order chi connectivity index (χ1) is 14.4. The minimum atomic E-state index is -0.0412. The Morgan fingerprint density at radius 3 is 2.67 bits per heavy atom. The average Bonchev–Trinajstić information content (AvgIpc) is 3.01. The van der Waals surface area contributed by atoms with Gasteiger partial charge in [0.2, 0.25) is 0 Å². The van der Waals surface area contributed by atoms with Gasteiger partial charge in [-0.05, 0) is 80.0 Å². The number of fused-ring (bicyclic) bond motifs is 5. The second-order valence-electron chi connectivity index (χ2n) is 13.1. The Balaban J connectivity index is 1.26. The highest BCUT2D eigenvalue weighted by molar-refractivity contribution is 5.90. The lowest BCUT2D eigenvalue weighted by Crippen LogP contribution is -2.47. The van der Waals surface area contributed by atoms with Crippen LogP contribution in [0.5, 0.6) is 0 Å². The second kappa shape index (κ2) is 6.58. The number of unbranched alkanes of at least 4 members (excludes halogenated alkanes) is 1. The van der Waals surface area contributed by atoms with Crippen molar-refractivity contribution in [2.24, 2.45) is 52.3 Å². The van der Waals surface area contributed by atoms with Crippen LogP contribution in [0.3, 0.4) is 0 Å². The van der Waals surface area contributed by atoms with Crippen molar-refractivity contribution < 1.29 is 9.53 Å². The van der Waals surface area contributed by atoms with Crippen molar-refractivity contribution in [2.75, 3.05) is 0 Å². The van der Waals surface area contributed by atoms with Gasteiger partial charge >= 0.3 is 0 Å². The number of ether oxygens (including phenoxy) is 1. The molecule has 10 atom stereocenters. The second-order valence-corrected chi connectivity index (χ2v) is 13.1. The molecule has 2 spiro atoms. The summed E-state index contributed by atoms with van der Waals surface area (Å²) >= 11 is 0. The van der Waals surface area contributed by atoms with Crippen molar-refractivity contribution >= 4 is 5.78 Å². The van der Waals surface area contributed by atoms with Gasteiger partial charge in [-0.25, -0.2) is 0 Å². The molecule has 0 aromatic heterocycles. The molecule has 2 saturated heterocycles. The molecule has 6 aliphatic rings. The standard InChI is InChI=1S/C28H44O2/c1-17(2)9-5-6-10-19-12-13-20-23-21(14-16-26(19,20)4)28-18(3)27(28)15-8-7-11-22(27)24(29)25(23)30-28/h17-23,25H,5-16H2,1-4H3. The maximum atomic E-state index is 13.8. The van der Waals surface area contributed by atoms with Crippen molar-refractivity contribution in [1.29, 1.82) is 0 Å². The Bertz CT molecular complexity index is 728. The van der Waals surface area contributed by atoms with Gasteiger partial charge in [0.15, 0.2) is 5.78 Å². The van der Waals surface area contributed by atoms with Gasteiger partial charge in [-0.15, -0.1) is 0 Å². The van der Waals surface area contributed by atoms with E-state index < -0.39 is 0 Å². The molecule has 6 fully saturated rings. The minimum Gasteiger partial charge on any atom is -0.362 e. The van der Waals surface area contributed by atoms with Gasteiger partial charge in [0.25, 0.3) is 0 Å². The zero-order valence-corrected chi connectivity index (χ0v) is 19.9. The molecule has 0 N–H and O–H groups in total. The van der Waals surface area contributed by atoms with Crippen molar-refractivity contribution in [3.05, 3.63) is 0 Å². The van der Waals surface area contributed by atoms with Gasteiger partial charge < -0.3 is 4.74 Å². The summed E-state index contributed by atoms with van der Waals surface area (Å²) < 4.78 is 6.95. The van der Waals surface area contributed by atoms with E-state index in [0.717, 1.165) is 24.2 Å². The third-order valence-corrected chi connectivity index (χ3v) is 12.0. The largest absolute Gasteiger partial charge is 0.362 e. The molecule has 0 amide bonds. The maximum absolute atomic E-state index is 13.8. The summed E-state index contributed by atoms with van der Waals surface area (Å²) in [5.41, 5.74) is 0.798. The summed E-state index contributed by atoms with van der Waals surface area (Å²) in [6.45, 7) is 9.78. The summed E-state index contributed by atoms with van der Waals surface area (Å²) in [6.07, 6.45) is 16.1. The molecule has 2 bridgehead atoms. The van der Waals surface area contributed by atoms with Crippen molar-refractivity contribution in [3.63, 3.8) is 0 Å². The number of carbonyl (C=O) groups is 1. The lowest BCUT2D eigenvalue weighted by molar-refractivity contribution is -0.155. The summed E-state index contributed by atoms with van der Waals surface area (Å²) in [7, 11) is 0. The predicted octanol–water partition coefficient (Wildman–Crippen LogP) is 6.81. The van der Waals surface area contributed by atoms with Gasteiger partial charge in [0, 0.05) is 17.3 Å². The molecule has 6 rings (SSSR count). The van der Waals surface area contributed by atoms with E-state index in [1.165, 1.54) is 70.6 Å². The number of hydrogen-bond acceptors (Lipinski definition) is 2. The van der Waals surface area contributed by atoms with Crippen molar-refractivity contribution in [3.8, 4) is 0 Å². The zero-order valence-electron chi connectivity index (χ0n) is 19.9. The Morgan fingerprint density at radius 1 is 1.03 bits per heavy atom. The minimum absolute atomic E-state index is 0.0412. The van der Waals surface area contributed by atoms with Gasteiger partial charge in [-0.3, -0.25) is 4.79 Å². The fourth-order valence-electron chi connectivity index (χ4n) is 10.7. The van der Waals surface area contributed by atoms with Gasteiger partial charge in [0.1, 0.15) is 6.10 Å². The third kappa shape index (κ3) is 2.24. The van der Waals surface area contributed by atoms with Crippen molar-refractivity contribution in [1.82, 2.24) is 0 Å². The van der Waals surface area contributed by atoms with E-state index >= 15 is 0 Å². The molecule has 0 aromatic carbocycles. The van der Waals surface area contributed by atoms with E-state index in [0.29, 0.717) is 34.9 Å². The molecule has 4 saturated carbocycles. The van der Waals surface area contributed by atoms with Crippen LogP contribution in [0.4, 0.5) is 0 Å². The Labute approximate surface area is 184 Å². The van der Waals surface area contributed by atoms with E-state index in [1.807, 2.05) is 0 Å². The molecule has 168 valence electrons. The molecular weight excluding hydrogens is 368 g/mol. The normalized spacial score (nSPS) is 55.8. The Hall–Kier alpha value is -0.370. The number of rotatable bonds is 5. The lowest BCUT2D eigenvalue weighted by atomic mass is 9.56. The number of ketones is 1. The first kappa shape index (κ1) is 20.3.